The third kappa shape index (κ3) is 3.86. The van der Waals surface area contributed by atoms with Gasteiger partial charge in [0, 0.05) is 25.4 Å². The quantitative estimate of drug-likeness (QED) is 0.706. The second kappa shape index (κ2) is 5.58. The first-order chi connectivity index (χ1) is 6.59. The number of carboxylic acid groups (broad SMARTS) is 1. The van der Waals surface area contributed by atoms with Crippen LogP contribution in [0, 0.1) is 5.92 Å². The maximum atomic E-state index is 10.5. The molecular formula is C9H17NO3S. The van der Waals surface area contributed by atoms with Crippen molar-refractivity contribution in [1.82, 2.24) is 4.90 Å². The Morgan fingerprint density at radius 1 is 1.71 bits per heavy atom. The van der Waals surface area contributed by atoms with Crippen LogP contribution in [-0.2, 0) is 4.79 Å². The monoisotopic (exact) mass is 219 g/mol. The van der Waals surface area contributed by atoms with Crippen molar-refractivity contribution in [2.24, 2.45) is 5.92 Å². The molecule has 0 aromatic rings. The molecule has 0 aromatic carbocycles. The lowest BCUT2D eigenvalue weighted by atomic mass is 10.2. The van der Waals surface area contributed by atoms with Gasteiger partial charge in [-0.05, 0) is 11.7 Å². The van der Waals surface area contributed by atoms with E-state index in [1.807, 2.05) is 16.7 Å². The van der Waals surface area contributed by atoms with Crippen LogP contribution in [-0.4, -0.2) is 58.3 Å². The van der Waals surface area contributed by atoms with Gasteiger partial charge in [-0.25, -0.2) is 4.79 Å². The van der Waals surface area contributed by atoms with Crippen molar-refractivity contribution >= 4 is 17.7 Å². The van der Waals surface area contributed by atoms with Crippen molar-refractivity contribution in [3.63, 3.8) is 0 Å². The van der Waals surface area contributed by atoms with Gasteiger partial charge in [0.2, 0.25) is 0 Å². The molecule has 1 rings (SSSR count). The van der Waals surface area contributed by atoms with Crippen LogP contribution in [0.5, 0.6) is 0 Å². The zero-order chi connectivity index (χ0) is 10.6. The minimum atomic E-state index is -1.25. The third-order valence-electron chi connectivity index (χ3n) is 2.24. The van der Waals surface area contributed by atoms with Crippen LogP contribution in [0.25, 0.3) is 0 Å². The highest BCUT2D eigenvalue weighted by Gasteiger charge is 2.21. The minimum absolute atomic E-state index is 0.250. The number of nitrogens with zero attached hydrogens (tertiary/aromatic N) is 1. The second-order valence-electron chi connectivity index (χ2n) is 3.79. The van der Waals surface area contributed by atoms with Gasteiger partial charge in [0.05, 0.1) is 0 Å². The van der Waals surface area contributed by atoms with Crippen molar-refractivity contribution in [2.75, 3.05) is 31.1 Å². The minimum Gasteiger partial charge on any atom is -0.479 e. The predicted molar refractivity (Wildman–Crippen MR) is 56.6 cm³/mol. The molecule has 1 fully saturated rings. The number of thioether (sulfide) groups is 1. The van der Waals surface area contributed by atoms with Crippen LogP contribution in [0.1, 0.15) is 6.92 Å². The molecule has 0 aromatic heterocycles. The number of aliphatic hydroxyl groups excluding tert-OH is 1. The molecule has 1 aliphatic rings. The number of hydrogen-bond donors (Lipinski definition) is 2. The zero-order valence-electron chi connectivity index (χ0n) is 8.35. The van der Waals surface area contributed by atoms with E-state index in [-0.39, 0.29) is 6.54 Å². The number of rotatable bonds is 3. The fourth-order valence-electron chi connectivity index (χ4n) is 1.55. The smallest absolute Gasteiger partial charge is 0.333 e. The summed E-state index contributed by atoms with van der Waals surface area (Å²) in [6, 6.07) is 0. The van der Waals surface area contributed by atoms with E-state index in [2.05, 4.69) is 6.92 Å². The van der Waals surface area contributed by atoms with Crippen LogP contribution in [0.4, 0.5) is 0 Å². The number of hydrogen-bond acceptors (Lipinski definition) is 4. The lowest BCUT2D eigenvalue weighted by molar-refractivity contribution is -0.147. The summed E-state index contributed by atoms with van der Waals surface area (Å²) in [6.45, 7) is 4.16. The van der Waals surface area contributed by atoms with E-state index in [1.165, 1.54) is 0 Å². The standard InChI is InChI=1S/C9H17NO3S/c1-7-4-10(2-3-14-6-7)5-8(11)9(12)13/h7-8,11H,2-6H2,1H3,(H,12,13). The number of aliphatic hydroxyl groups is 1. The van der Waals surface area contributed by atoms with E-state index < -0.39 is 12.1 Å². The van der Waals surface area contributed by atoms with Gasteiger partial charge in [-0.3, -0.25) is 4.90 Å². The Labute approximate surface area is 88.3 Å². The average Bonchev–Trinajstić information content (AvgIpc) is 2.29. The summed E-state index contributed by atoms with van der Waals surface area (Å²) in [4.78, 5) is 12.5. The highest BCUT2D eigenvalue weighted by molar-refractivity contribution is 7.99. The normalized spacial score (nSPS) is 26.9. The average molecular weight is 219 g/mol. The van der Waals surface area contributed by atoms with Crippen molar-refractivity contribution in [3.05, 3.63) is 0 Å². The predicted octanol–water partition coefficient (Wildman–Crippen LogP) is 0.117. The molecule has 0 bridgehead atoms. The van der Waals surface area contributed by atoms with E-state index in [0.29, 0.717) is 5.92 Å². The van der Waals surface area contributed by atoms with Crippen LogP contribution in [0.2, 0.25) is 0 Å². The Kier molecular flexibility index (Phi) is 4.71. The fraction of sp³-hybridized carbons (Fsp3) is 0.889. The maximum absolute atomic E-state index is 10.5. The number of carbonyl (C=O) groups is 1. The molecule has 82 valence electrons. The molecule has 0 spiro atoms. The molecule has 4 nitrogen and oxygen atoms in total. The Morgan fingerprint density at radius 3 is 3.07 bits per heavy atom. The highest BCUT2D eigenvalue weighted by Crippen LogP contribution is 2.15. The topological polar surface area (TPSA) is 60.8 Å². The largest absolute Gasteiger partial charge is 0.479 e. The lowest BCUT2D eigenvalue weighted by Crippen LogP contribution is -2.39. The summed E-state index contributed by atoms with van der Waals surface area (Å²) in [5.74, 6) is 1.59. The Hall–Kier alpha value is -0.260. The van der Waals surface area contributed by atoms with Crippen molar-refractivity contribution in [2.45, 2.75) is 13.0 Å². The summed E-state index contributed by atoms with van der Waals surface area (Å²) in [7, 11) is 0. The van der Waals surface area contributed by atoms with Gasteiger partial charge >= 0.3 is 5.97 Å². The molecule has 2 atom stereocenters. The Balaban J connectivity index is 2.38. The first-order valence-electron chi connectivity index (χ1n) is 4.80. The summed E-state index contributed by atoms with van der Waals surface area (Å²) in [6.07, 6.45) is -1.25. The summed E-state index contributed by atoms with van der Waals surface area (Å²) in [5, 5.41) is 17.8. The molecule has 1 heterocycles. The van der Waals surface area contributed by atoms with Crippen LogP contribution in [0.3, 0.4) is 0 Å². The van der Waals surface area contributed by atoms with E-state index in [0.717, 1.165) is 24.6 Å². The van der Waals surface area contributed by atoms with Gasteiger partial charge in [0.1, 0.15) is 0 Å². The van der Waals surface area contributed by atoms with Gasteiger partial charge in [-0.2, -0.15) is 11.8 Å². The summed E-state index contributed by atoms with van der Waals surface area (Å²) in [5.41, 5.74) is 0. The molecule has 5 heteroatoms. The lowest BCUT2D eigenvalue weighted by Gasteiger charge is -2.22. The molecule has 0 radical (unpaired) electrons. The summed E-state index contributed by atoms with van der Waals surface area (Å²) < 4.78 is 0. The van der Waals surface area contributed by atoms with Gasteiger partial charge in [0.25, 0.3) is 0 Å². The first kappa shape index (κ1) is 11.8. The molecule has 0 saturated carbocycles. The highest BCUT2D eigenvalue weighted by atomic mass is 32.2. The van der Waals surface area contributed by atoms with Crippen LogP contribution in [0.15, 0.2) is 0 Å². The molecular weight excluding hydrogens is 202 g/mol. The SMILES string of the molecule is CC1CSCCN(CC(O)C(=O)O)C1. The van der Waals surface area contributed by atoms with Gasteiger partial charge in [-0.15, -0.1) is 0 Å². The van der Waals surface area contributed by atoms with E-state index >= 15 is 0 Å². The molecule has 0 amide bonds. The van der Waals surface area contributed by atoms with E-state index in [1.54, 1.807) is 0 Å². The molecule has 2 unspecified atom stereocenters. The summed E-state index contributed by atoms with van der Waals surface area (Å²) >= 11 is 1.89. The second-order valence-corrected chi connectivity index (χ2v) is 4.94. The molecule has 0 aliphatic carbocycles. The number of β-amino-alcohol motifs (C(OH)–C–C–N with tert-alkyl or cyclic N) is 1. The third-order valence-corrected chi connectivity index (χ3v) is 3.52. The number of aliphatic carboxylic acids is 1. The van der Waals surface area contributed by atoms with E-state index in [4.69, 9.17) is 5.11 Å². The molecule has 1 aliphatic heterocycles. The van der Waals surface area contributed by atoms with Crippen LogP contribution >= 0.6 is 11.8 Å². The number of carboxylic acids is 1. The van der Waals surface area contributed by atoms with E-state index in [9.17, 15) is 9.90 Å². The zero-order valence-corrected chi connectivity index (χ0v) is 9.16. The molecule has 1 saturated heterocycles. The Morgan fingerprint density at radius 2 is 2.43 bits per heavy atom. The van der Waals surface area contributed by atoms with Crippen molar-refractivity contribution in [3.8, 4) is 0 Å². The van der Waals surface area contributed by atoms with Crippen molar-refractivity contribution < 1.29 is 15.0 Å². The van der Waals surface area contributed by atoms with Crippen molar-refractivity contribution in [1.29, 1.82) is 0 Å². The maximum Gasteiger partial charge on any atom is 0.333 e. The molecule has 2 N–H and O–H groups in total. The Bertz CT molecular complexity index is 200. The molecule has 14 heavy (non-hydrogen) atoms. The fourth-order valence-corrected chi connectivity index (χ4v) is 2.61. The van der Waals surface area contributed by atoms with Crippen LogP contribution < -0.4 is 0 Å². The van der Waals surface area contributed by atoms with Gasteiger partial charge in [0.15, 0.2) is 6.10 Å². The van der Waals surface area contributed by atoms with Gasteiger partial charge in [-0.1, -0.05) is 6.92 Å². The van der Waals surface area contributed by atoms with Gasteiger partial charge < -0.3 is 10.2 Å². The first-order valence-corrected chi connectivity index (χ1v) is 5.96.